The van der Waals surface area contributed by atoms with Crippen molar-refractivity contribution in [1.29, 1.82) is 0 Å². The van der Waals surface area contributed by atoms with E-state index in [1.165, 1.54) is 0 Å². The number of likely N-dealkylation sites (tertiary alicyclic amines) is 1. The van der Waals surface area contributed by atoms with Crippen LogP contribution >= 0.6 is 0 Å². The highest BCUT2D eigenvalue weighted by Gasteiger charge is 2.23. The zero-order valence-electron chi connectivity index (χ0n) is 8.61. The summed E-state index contributed by atoms with van der Waals surface area (Å²) in [4.78, 5) is 2.16. The average molecular weight is 187 g/mol. The summed E-state index contributed by atoms with van der Waals surface area (Å²) in [6, 6.07) is 0. The van der Waals surface area contributed by atoms with Gasteiger partial charge in [-0.1, -0.05) is 13.8 Å². The molecule has 1 saturated heterocycles. The lowest BCUT2D eigenvalue weighted by Gasteiger charge is -2.35. The molecule has 0 aliphatic carbocycles. The van der Waals surface area contributed by atoms with Crippen molar-refractivity contribution in [3.63, 3.8) is 0 Å². The van der Waals surface area contributed by atoms with E-state index >= 15 is 0 Å². The minimum Gasteiger partial charge on any atom is -0.392 e. The van der Waals surface area contributed by atoms with Crippen LogP contribution in [0.2, 0.25) is 0 Å². The molecular formula is C10H21NO2. The van der Waals surface area contributed by atoms with Gasteiger partial charge >= 0.3 is 0 Å². The van der Waals surface area contributed by atoms with Crippen molar-refractivity contribution in [2.45, 2.75) is 38.9 Å². The first-order valence-electron chi connectivity index (χ1n) is 5.20. The van der Waals surface area contributed by atoms with E-state index in [1.807, 2.05) is 6.92 Å². The Morgan fingerprint density at radius 3 is 2.69 bits per heavy atom. The van der Waals surface area contributed by atoms with Gasteiger partial charge < -0.3 is 10.2 Å². The van der Waals surface area contributed by atoms with E-state index in [9.17, 15) is 10.2 Å². The van der Waals surface area contributed by atoms with Crippen molar-refractivity contribution < 1.29 is 10.2 Å². The molecule has 0 bridgehead atoms. The van der Waals surface area contributed by atoms with Gasteiger partial charge in [-0.2, -0.15) is 0 Å². The van der Waals surface area contributed by atoms with Gasteiger partial charge in [0.05, 0.1) is 12.2 Å². The Kier molecular flexibility index (Phi) is 4.16. The van der Waals surface area contributed by atoms with Crippen LogP contribution in [0.4, 0.5) is 0 Å². The Balaban J connectivity index is 2.32. The van der Waals surface area contributed by atoms with Crippen molar-refractivity contribution in [3.05, 3.63) is 0 Å². The van der Waals surface area contributed by atoms with E-state index in [0.29, 0.717) is 12.5 Å². The lowest BCUT2D eigenvalue weighted by atomic mass is 9.97. The van der Waals surface area contributed by atoms with Crippen molar-refractivity contribution in [2.75, 3.05) is 19.6 Å². The van der Waals surface area contributed by atoms with Crippen LogP contribution in [0.25, 0.3) is 0 Å². The molecule has 0 aromatic carbocycles. The Hall–Kier alpha value is -0.120. The van der Waals surface area contributed by atoms with Crippen LogP contribution in [-0.2, 0) is 0 Å². The van der Waals surface area contributed by atoms with Crippen molar-refractivity contribution >= 4 is 0 Å². The molecule has 0 aromatic rings. The molecule has 0 amide bonds. The predicted molar refractivity (Wildman–Crippen MR) is 52.5 cm³/mol. The van der Waals surface area contributed by atoms with Gasteiger partial charge in [0, 0.05) is 19.6 Å². The molecular weight excluding hydrogens is 166 g/mol. The predicted octanol–water partition coefficient (Wildman–Crippen LogP) is 0.460. The summed E-state index contributed by atoms with van der Waals surface area (Å²) in [5, 5.41) is 19.0. The van der Waals surface area contributed by atoms with Crippen molar-refractivity contribution in [1.82, 2.24) is 4.90 Å². The van der Waals surface area contributed by atoms with Crippen LogP contribution in [0.5, 0.6) is 0 Å². The first kappa shape index (κ1) is 11.0. The molecule has 0 saturated carbocycles. The van der Waals surface area contributed by atoms with Crippen LogP contribution in [-0.4, -0.2) is 47.0 Å². The quantitative estimate of drug-likeness (QED) is 0.674. The zero-order chi connectivity index (χ0) is 9.84. The third-order valence-electron chi connectivity index (χ3n) is 2.65. The second-order valence-corrected chi connectivity index (χ2v) is 4.28. The molecule has 3 heteroatoms. The highest BCUT2D eigenvalue weighted by Crippen LogP contribution is 2.16. The summed E-state index contributed by atoms with van der Waals surface area (Å²) in [6.07, 6.45) is 1.25. The maximum Gasteiger partial charge on any atom is 0.0670 e. The third kappa shape index (κ3) is 3.63. The number of hydrogen-bond acceptors (Lipinski definition) is 3. The molecule has 13 heavy (non-hydrogen) atoms. The minimum atomic E-state index is -0.238. The summed E-state index contributed by atoms with van der Waals surface area (Å²) >= 11 is 0. The second kappa shape index (κ2) is 4.94. The number of rotatable bonds is 3. The Morgan fingerprint density at radius 1 is 1.46 bits per heavy atom. The normalized spacial score (nSPS) is 33.2. The molecule has 1 fully saturated rings. The SMILES string of the molecule is CCC(O)CN1C[C@@H](C)C[C@@H](O)C1. The topological polar surface area (TPSA) is 43.7 Å². The van der Waals surface area contributed by atoms with E-state index < -0.39 is 0 Å². The van der Waals surface area contributed by atoms with E-state index in [2.05, 4.69) is 11.8 Å². The van der Waals surface area contributed by atoms with Crippen LogP contribution in [0.3, 0.4) is 0 Å². The summed E-state index contributed by atoms with van der Waals surface area (Å²) in [7, 11) is 0. The summed E-state index contributed by atoms with van der Waals surface area (Å²) in [5.41, 5.74) is 0. The summed E-state index contributed by atoms with van der Waals surface area (Å²) in [6.45, 7) is 6.57. The van der Waals surface area contributed by atoms with Gasteiger partial charge in [0.2, 0.25) is 0 Å². The number of nitrogens with zero attached hydrogens (tertiary/aromatic N) is 1. The number of hydrogen-bond donors (Lipinski definition) is 2. The van der Waals surface area contributed by atoms with E-state index in [0.717, 1.165) is 25.9 Å². The Bertz CT molecular complexity index is 142. The molecule has 3 atom stereocenters. The monoisotopic (exact) mass is 187 g/mol. The Morgan fingerprint density at radius 2 is 2.15 bits per heavy atom. The second-order valence-electron chi connectivity index (χ2n) is 4.28. The molecule has 3 nitrogen and oxygen atoms in total. The average Bonchev–Trinajstić information content (AvgIpc) is 2.02. The summed E-state index contributed by atoms with van der Waals surface area (Å²) < 4.78 is 0. The zero-order valence-corrected chi connectivity index (χ0v) is 8.61. The molecule has 1 unspecified atom stereocenters. The van der Waals surface area contributed by atoms with Gasteiger partial charge in [-0.15, -0.1) is 0 Å². The van der Waals surface area contributed by atoms with Gasteiger partial charge in [0.25, 0.3) is 0 Å². The summed E-state index contributed by atoms with van der Waals surface area (Å²) in [5.74, 6) is 0.549. The van der Waals surface area contributed by atoms with Gasteiger partial charge in [-0.25, -0.2) is 0 Å². The molecule has 2 N–H and O–H groups in total. The lowest BCUT2D eigenvalue weighted by Crippen LogP contribution is -2.45. The largest absolute Gasteiger partial charge is 0.392 e. The van der Waals surface area contributed by atoms with E-state index in [-0.39, 0.29) is 12.2 Å². The number of aliphatic hydroxyl groups is 2. The fraction of sp³-hybridized carbons (Fsp3) is 1.00. The van der Waals surface area contributed by atoms with Crippen molar-refractivity contribution in [3.8, 4) is 0 Å². The molecule has 1 rings (SSSR count). The highest BCUT2D eigenvalue weighted by molar-refractivity contribution is 4.77. The number of aliphatic hydroxyl groups excluding tert-OH is 2. The van der Waals surface area contributed by atoms with Gasteiger partial charge in [-0.3, -0.25) is 4.90 Å². The molecule has 1 heterocycles. The van der Waals surface area contributed by atoms with Crippen LogP contribution in [0.1, 0.15) is 26.7 Å². The van der Waals surface area contributed by atoms with Crippen LogP contribution in [0.15, 0.2) is 0 Å². The third-order valence-corrected chi connectivity index (χ3v) is 2.65. The smallest absolute Gasteiger partial charge is 0.0670 e. The number of β-amino-alcohol motifs (C(OH)–C–C–N with tert-alkyl or cyclic N) is 2. The molecule has 0 aromatic heterocycles. The lowest BCUT2D eigenvalue weighted by molar-refractivity contribution is 0.0185. The van der Waals surface area contributed by atoms with Gasteiger partial charge in [-0.05, 0) is 18.8 Å². The van der Waals surface area contributed by atoms with Crippen molar-refractivity contribution in [2.24, 2.45) is 5.92 Å². The molecule has 0 spiro atoms. The molecule has 1 aliphatic rings. The number of piperidine rings is 1. The van der Waals surface area contributed by atoms with Gasteiger partial charge in [0.1, 0.15) is 0 Å². The Labute approximate surface area is 80.4 Å². The van der Waals surface area contributed by atoms with Crippen LogP contribution in [0, 0.1) is 5.92 Å². The maximum atomic E-state index is 9.51. The van der Waals surface area contributed by atoms with E-state index in [4.69, 9.17) is 0 Å². The van der Waals surface area contributed by atoms with Gasteiger partial charge in [0.15, 0.2) is 0 Å². The standard InChI is InChI=1S/C10H21NO2/c1-3-9(12)6-11-5-8(2)4-10(13)7-11/h8-10,12-13H,3-7H2,1-2H3/t8-,9?,10+/m0/s1. The highest BCUT2D eigenvalue weighted by atomic mass is 16.3. The first-order chi connectivity index (χ1) is 6.11. The van der Waals surface area contributed by atoms with E-state index in [1.54, 1.807) is 0 Å². The molecule has 78 valence electrons. The fourth-order valence-electron chi connectivity index (χ4n) is 2.00. The first-order valence-corrected chi connectivity index (χ1v) is 5.20. The van der Waals surface area contributed by atoms with Crippen LogP contribution < -0.4 is 0 Å². The minimum absolute atomic E-state index is 0.201. The molecule has 1 aliphatic heterocycles. The maximum absolute atomic E-state index is 9.51. The molecule has 0 radical (unpaired) electrons. The fourth-order valence-corrected chi connectivity index (χ4v) is 2.00.